The Morgan fingerprint density at radius 2 is 1.80 bits per heavy atom. The van der Waals surface area contributed by atoms with E-state index >= 15 is 0 Å². The molecule has 1 heterocycles. The van der Waals surface area contributed by atoms with Gasteiger partial charge in [0.1, 0.15) is 11.5 Å². The molecule has 0 bridgehead atoms. The number of benzene rings is 1. The van der Waals surface area contributed by atoms with E-state index < -0.39 is 0 Å². The summed E-state index contributed by atoms with van der Waals surface area (Å²) in [6.07, 6.45) is 1.79. The van der Waals surface area contributed by atoms with Gasteiger partial charge in [0.15, 0.2) is 0 Å². The molecule has 0 fully saturated rings. The average molecular weight is 340 g/mol. The highest BCUT2D eigenvalue weighted by Crippen LogP contribution is 2.32. The Balaban J connectivity index is 2.52. The summed E-state index contributed by atoms with van der Waals surface area (Å²) < 4.78 is 13.5. The molecule has 2 aromatic rings. The number of aromatic nitrogens is 2. The van der Waals surface area contributed by atoms with Crippen LogP contribution < -0.4 is 14.8 Å². The number of rotatable bonds is 5. The second-order valence-electron chi connectivity index (χ2n) is 4.37. The first-order chi connectivity index (χ1) is 9.60. The van der Waals surface area contributed by atoms with Crippen LogP contribution >= 0.6 is 15.9 Å². The number of hydrogen-bond acceptors (Lipinski definition) is 4. The molecular weight excluding hydrogens is 322 g/mol. The Morgan fingerprint density at radius 1 is 1.20 bits per heavy atom. The van der Waals surface area contributed by atoms with Gasteiger partial charge in [-0.25, -0.2) is 0 Å². The maximum Gasteiger partial charge on any atom is 0.122 e. The Kier molecular flexibility index (Phi) is 4.67. The SMILES string of the molecule is CNC(c1cc(OC)cc(OC)c1)c1c(Br)cnn1C. The van der Waals surface area contributed by atoms with Crippen LogP contribution in [0.1, 0.15) is 17.3 Å². The van der Waals surface area contributed by atoms with Crippen molar-refractivity contribution in [2.75, 3.05) is 21.3 Å². The number of nitrogens with zero attached hydrogens (tertiary/aromatic N) is 2. The van der Waals surface area contributed by atoms with E-state index in [0.717, 1.165) is 27.2 Å². The monoisotopic (exact) mass is 339 g/mol. The van der Waals surface area contributed by atoms with Crippen LogP contribution in [0.5, 0.6) is 11.5 Å². The fourth-order valence-electron chi connectivity index (χ4n) is 2.20. The van der Waals surface area contributed by atoms with Crippen LogP contribution in [0.2, 0.25) is 0 Å². The molecule has 20 heavy (non-hydrogen) atoms. The Hall–Kier alpha value is -1.53. The summed E-state index contributed by atoms with van der Waals surface area (Å²) in [5.74, 6) is 1.52. The van der Waals surface area contributed by atoms with Gasteiger partial charge in [-0.1, -0.05) is 0 Å². The van der Waals surface area contributed by atoms with Crippen molar-refractivity contribution < 1.29 is 9.47 Å². The second kappa shape index (κ2) is 6.28. The lowest BCUT2D eigenvalue weighted by Gasteiger charge is -2.19. The quantitative estimate of drug-likeness (QED) is 0.909. The Bertz CT molecular complexity index is 556. The van der Waals surface area contributed by atoms with Gasteiger partial charge in [-0.2, -0.15) is 5.10 Å². The van der Waals surface area contributed by atoms with Gasteiger partial charge in [-0.3, -0.25) is 4.68 Å². The summed E-state index contributed by atoms with van der Waals surface area (Å²) in [4.78, 5) is 0. The fraction of sp³-hybridized carbons (Fsp3) is 0.357. The predicted molar refractivity (Wildman–Crippen MR) is 81.4 cm³/mol. The lowest BCUT2D eigenvalue weighted by atomic mass is 10.0. The molecule has 108 valence electrons. The molecule has 0 radical (unpaired) electrons. The number of methoxy groups -OCH3 is 2. The van der Waals surface area contributed by atoms with Crippen molar-refractivity contribution in [2.24, 2.45) is 7.05 Å². The number of aryl methyl sites for hydroxylation is 1. The molecule has 0 aliphatic heterocycles. The number of ether oxygens (including phenoxy) is 2. The molecule has 0 saturated heterocycles. The molecule has 6 heteroatoms. The normalized spacial score (nSPS) is 12.2. The second-order valence-corrected chi connectivity index (χ2v) is 5.22. The molecule has 1 unspecified atom stereocenters. The fourth-order valence-corrected chi connectivity index (χ4v) is 2.78. The molecule has 0 saturated carbocycles. The smallest absolute Gasteiger partial charge is 0.122 e. The zero-order valence-electron chi connectivity index (χ0n) is 12.0. The van der Waals surface area contributed by atoms with E-state index in [2.05, 4.69) is 26.3 Å². The maximum absolute atomic E-state index is 5.33. The van der Waals surface area contributed by atoms with Crippen molar-refractivity contribution in [3.05, 3.63) is 40.1 Å². The van der Waals surface area contributed by atoms with E-state index in [0.29, 0.717) is 0 Å². The summed E-state index contributed by atoms with van der Waals surface area (Å²) >= 11 is 3.54. The summed E-state index contributed by atoms with van der Waals surface area (Å²) in [6.45, 7) is 0. The average Bonchev–Trinajstić information content (AvgIpc) is 2.80. The van der Waals surface area contributed by atoms with Crippen molar-refractivity contribution in [1.29, 1.82) is 0 Å². The Labute approximate surface area is 127 Å². The largest absolute Gasteiger partial charge is 0.497 e. The van der Waals surface area contributed by atoms with Crippen molar-refractivity contribution in [3.63, 3.8) is 0 Å². The van der Waals surface area contributed by atoms with Crippen molar-refractivity contribution in [3.8, 4) is 11.5 Å². The first-order valence-electron chi connectivity index (χ1n) is 6.18. The zero-order valence-corrected chi connectivity index (χ0v) is 13.6. The molecule has 5 nitrogen and oxygen atoms in total. The topological polar surface area (TPSA) is 48.3 Å². The number of hydrogen-bond donors (Lipinski definition) is 1. The van der Waals surface area contributed by atoms with E-state index in [1.165, 1.54) is 0 Å². The van der Waals surface area contributed by atoms with Gasteiger partial charge in [-0.15, -0.1) is 0 Å². The number of halogens is 1. The summed E-state index contributed by atoms with van der Waals surface area (Å²) in [5, 5.41) is 7.57. The zero-order chi connectivity index (χ0) is 14.7. The molecule has 2 rings (SSSR count). The lowest BCUT2D eigenvalue weighted by Crippen LogP contribution is -2.21. The standard InChI is InChI=1S/C14H18BrN3O2/c1-16-13(14-12(15)8-17-18(14)2)9-5-10(19-3)7-11(6-9)20-4/h5-8,13,16H,1-4H3. The third-order valence-electron chi connectivity index (χ3n) is 3.21. The summed E-state index contributed by atoms with van der Waals surface area (Å²) in [6, 6.07) is 5.82. The van der Waals surface area contributed by atoms with Crippen LogP contribution in [-0.2, 0) is 7.05 Å². The highest BCUT2D eigenvalue weighted by atomic mass is 79.9. The van der Waals surface area contributed by atoms with Gasteiger partial charge in [0.05, 0.1) is 36.6 Å². The Morgan fingerprint density at radius 3 is 2.20 bits per heavy atom. The van der Waals surface area contributed by atoms with Crippen molar-refractivity contribution in [1.82, 2.24) is 15.1 Å². The van der Waals surface area contributed by atoms with Crippen molar-refractivity contribution >= 4 is 15.9 Å². The minimum atomic E-state index is -0.0131. The van der Waals surface area contributed by atoms with E-state index in [9.17, 15) is 0 Å². The van der Waals surface area contributed by atoms with E-state index in [1.54, 1.807) is 20.4 Å². The molecule has 0 amide bonds. The highest BCUT2D eigenvalue weighted by Gasteiger charge is 2.20. The molecule has 1 aromatic carbocycles. The minimum Gasteiger partial charge on any atom is -0.497 e. The van der Waals surface area contributed by atoms with Crippen LogP contribution in [0.4, 0.5) is 0 Å². The van der Waals surface area contributed by atoms with Crippen LogP contribution in [0, 0.1) is 0 Å². The van der Waals surface area contributed by atoms with Crippen LogP contribution in [-0.4, -0.2) is 31.0 Å². The van der Waals surface area contributed by atoms with Gasteiger partial charge < -0.3 is 14.8 Å². The lowest BCUT2D eigenvalue weighted by molar-refractivity contribution is 0.392. The number of nitrogens with one attached hydrogen (secondary N) is 1. The molecular formula is C14H18BrN3O2. The molecule has 1 atom stereocenters. The molecule has 1 N–H and O–H groups in total. The molecule has 0 spiro atoms. The van der Waals surface area contributed by atoms with Crippen LogP contribution in [0.3, 0.4) is 0 Å². The van der Waals surface area contributed by atoms with Gasteiger partial charge in [0.25, 0.3) is 0 Å². The minimum absolute atomic E-state index is 0.0131. The summed E-state index contributed by atoms with van der Waals surface area (Å²) in [7, 11) is 7.12. The van der Waals surface area contributed by atoms with Crippen LogP contribution in [0.25, 0.3) is 0 Å². The third-order valence-corrected chi connectivity index (χ3v) is 3.82. The van der Waals surface area contributed by atoms with Crippen LogP contribution in [0.15, 0.2) is 28.9 Å². The van der Waals surface area contributed by atoms with Gasteiger partial charge in [-0.05, 0) is 40.7 Å². The van der Waals surface area contributed by atoms with Gasteiger partial charge >= 0.3 is 0 Å². The van der Waals surface area contributed by atoms with E-state index in [-0.39, 0.29) is 6.04 Å². The predicted octanol–water partition coefficient (Wildman–Crippen LogP) is 2.51. The summed E-state index contributed by atoms with van der Waals surface area (Å²) in [5.41, 5.74) is 2.09. The van der Waals surface area contributed by atoms with Gasteiger partial charge in [0.2, 0.25) is 0 Å². The van der Waals surface area contributed by atoms with E-state index in [1.807, 2.05) is 37.0 Å². The molecule has 1 aromatic heterocycles. The maximum atomic E-state index is 5.33. The van der Waals surface area contributed by atoms with E-state index in [4.69, 9.17) is 9.47 Å². The highest BCUT2D eigenvalue weighted by molar-refractivity contribution is 9.10. The molecule has 0 aliphatic carbocycles. The van der Waals surface area contributed by atoms with Gasteiger partial charge in [0, 0.05) is 13.1 Å². The first kappa shape index (κ1) is 14.9. The first-order valence-corrected chi connectivity index (χ1v) is 6.97. The third kappa shape index (κ3) is 2.81. The van der Waals surface area contributed by atoms with Crippen molar-refractivity contribution in [2.45, 2.75) is 6.04 Å². The molecule has 0 aliphatic rings.